The molecule has 0 radical (unpaired) electrons. The normalized spacial score (nSPS) is 11.4. The van der Waals surface area contributed by atoms with Gasteiger partial charge in [0.1, 0.15) is 0 Å². The molecule has 0 amide bonds. The molecule has 3 aromatic rings. The van der Waals surface area contributed by atoms with Gasteiger partial charge in [0.15, 0.2) is 5.58 Å². The van der Waals surface area contributed by atoms with Crippen LogP contribution in [0.1, 0.15) is 26.2 Å². The highest BCUT2D eigenvalue weighted by Gasteiger charge is 2.09. The third-order valence-corrected chi connectivity index (χ3v) is 3.84. The molecule has 0 fully saturated rings. The number of aryl methyl sites for hydroxylation is 1. The summed E-state index contributed by atoms with van der Waals surface area (Å²) in [6, 6.07) is 12.5. The first-order valence-electron chi connectivity index (χ1n) is 6.82. The smallest absolute Gasteiger partial charge is 0.269 e. The number of hydrogen-bond donors (Lipinski definition) is 0. The Morgan fingerprint density at radius 3 is 2.79 bits per heavy atom. The Kier molecular flexibility index (Phi) is 3.38. The van der Waals surface area contributed by atoms with Gasteiger partial charge in [0.25, 0.3) is 4.84 Å². The Balaban J connectivity index is 2.22. The van der Waals surface area contributed by atoms with Crippen molar-refractivity contribution >= 4 is 34.1 Å². The van der Waals surface area contributed by atoms with E-state index < -0.39 is 0 Å². The summed E-state index contributed by atoms with van der Waals surface area (Å²) in [5.74, 6) is 0. The summed E-state index contributed by atoms with van der Waals surface area (Å²) in [5.41, 5.74) is 2.03. The molecule has 0 saturated carbocycles. The molecule has 0 aliphatic heterocycles. The Hall–Kier alpha value is -1.61. The monoisotopic (exact) mass is 271 g/mol. The van der Waals surface area contributed by atoms with Crippen molar-refractivity contribution in [3.63, 3.8) is 0 Å². The van der Waals surface area contributed by atoms with Crippen LogP contribution in [0, 0.1) is 4.84 Å². The molecule has 0 bridgehead atoms. The molecular formula is C16H17NOS. The fourth-order valence-corrected chi connectivity index (χ4v) is 2.83. The fraction of sp³-hybridized carbons (Fsp3) is 0.312. The molecule has 3 rings (SSSR count). The van der Waals surface area contributed by atoms with E-state index in [1.54, 1.807) is 0 Å². The van der Waals surface area contributed by atoms with E-state index >= 15 is 0 Å². The molecule has 0 aliphatic rings. The topological polar surface area (TPSA) is 18.1 Å². The zero-order valence-corrected chi connectivity index (χ0v) is 11.9. The highest BCUT2D eigenvalue weighted by Crippen LogP contribution is 2.27. The first-order chi connectivity index (χ1) is 9.31. The van der Waals surface area contributed by atoms with Crippen molar-refractivity contribution < 1.29 is 4.42 Å². The van der Waals surface area contributed by atoms with Crippen molar-refractivity contribution in [1.82, 2.24) is 4.57 Å². The van der Waals surface area contributed by atoms with Crippen molar-refractivity contribution in [3.05, 3.63) is 41.2 Å². The fourth-order valence-electron chi connectivity index (χ4n) is 2.56. The highest BCUT2D eigenvalue weighted by molar-refractivity contribution is 7.71. The molecule has 1 heterocycles. The van der Waals surface area contributed by atoms with Gasteiger partial charge < -0.3 is 4.42 Å². The molecule has 0 N–H and O–H groups in total. The van der Waals surface area contributed by atoms with Crippen LogP contribution < -0.4 is 0 Å². The summed E-state index contributed by atoms with van der Waals surface area (Å²) in [7, 11) is 0. The van der Waals surface area contributed by atoms with E-state index in [4.69, 9.17) is 16.6 Å². The lowest BCUT2D eigenvalue weighted by atomic mass is 10.1. The molecule has 1 aromatic heterocycles. The second-order valence-electron chi connectivity index (χ2n) is 4.86. The lowest BCUT2D eigenvalue weighted by molar-refractivity contribution is 0.518. The number of benzene rings is 2. The van der Waals surface area contributed by atoms with E-state index in [1.165, 1.54) is 23.6 Å². The Labute approximate surface area is 117 Å². The lowest BCUT2D eigenvalue weighted by Crippen LogP contribution is -1.97. The average molecular weight is 271 g/mol. The van der Waals surface area contributed by atoms with Gasteiger partial charge in [0.2, 0.25) is 0 Å². The first-order valence-corrected chi connectivity index (χ1v) is 7.23. The van der Waals surface area contributed by atoms with Gasteiger partial charge in [0.05, 0.1) is 5.52 Å². The predicted molar refractivity (Wildman–Crippen MR) is 82.1 cm³/mol. The lowest BCUT2D eigenvalue weighted by Gasteiger charge is -2.05. The number of aromatic nitrogens is 1. The quantitative estimate of drug-likeness (QED) is 0.473. The maximum atomic E-state index is 5.72. The van der Waals surface area contributed by atoms with Crippen molar-refractivity contribution in [2.24, 2.45) is 0 Å². The van der Waals surface area contributed by atoms with Crippen molar-refractivity contribution in [1.29, 1.82) is 0 Å². The van der Waals surface area contributed by atoms with E-state index in [1.807, 2.05) is 6.07 Å². The van der Waals surface area contributed by atoms with Gasteiger partial charge in [-0.25, -0.2) is 0 Å². The summed E-state index contributed by atoms with van der Waals surface area (Å²) in [5, 5.41) is 2.45. The van der Waals surface area contributed by atoms with Crippen LogP contribution in [-0.2, 0) is 6.54 Å². The van der Waals surface area contributed by atoms with E-state index in [0.717, 1.165) is 24.1 Å². The summed E-state index contributed by atoms with van der Waals surface area (Å²) in [6.45, 7) is 3.15. The number of hydrogen-bond acceptors (Lipinski definition) is 2. The van der Waals surface area contributed by atoms with E-state index in [2.05, 4.69) is 41.8 Å². The molecule has 0 atom stereocenters. The standard InChI is InChI=1S/C16H17NOS/c1-2-3-6-11-17-15-13-8-5-4-7-12(13)9-10-14(15)18-16(17)19/h4-5,7-10H,2-3,6,11H2,1H3. The Morgan fingerprint density at radius 2 is 1.95 bits per heavy atom. The molecule has 0 aliphatic carbocycles. The van der Waals surface area contributed by atoms with Gasteiger partial charge in [0, 0.05) is 11.9 Å². The van der Waals surface area contributed by atoms with Crippen molar-refractivity contribution in [3.8, 4) is 0 Å². The summed E-state index contributed by atoms with van der Waals surface area (Å²) in [6.07, 6.45) is 3.58. The highest BCUT2D eigenvalue weighted by atomic mass is 32.1. The largest absolute Gasteiger partial charge is 0.429 e. The van der Waals surface area contributed by atoms with Crippen LogP contribution in [0.2, 0.25) is 0 Å². The minimum atomic E-state index is 0.586. The van der Waals surface area contributed by atoms with Crippen LogP contribution in [0.4, 0.5) is 0 Å². The molecule has 0 spiro atoms. The van der Waals surface area contributed by atoms with Gasteiger partial charge in [-0.05, 0) is 30.1 Å². The summed E-state index contributed by atoms with van der Waals surface area (Å²) >= 11 is 5.36. The molecule has 2 nitrogen and oxygen atoms in total. The van der Waals surface area contributed by atoms with Gasteiger partial charge in [-0.1, -0.05) is 50.1 Å². The molecule has 2 aromatic carbocycles. The van der Waals surface area contributed by atoms with Gasteiger partial charge in [-0.3, -0.25) is 4.57 Å². The van der Waals surface area contributed by atoms with Crippen LogP contribution in [0.5, 0.6) is 0 Å². The van der Waals surface area contributed by atoms with Crippen LogP contribution >= 0.6 is 12.2 Å². The second-order valence-corrected chi connectivity index (χ2v) is 5.21. The third-order valence-electron chi connectivity index (χ3n) is 3.54. The number of unbranched alkanes of at least 4 members (excludes halogenated alkanes) is 2. The maximum Gasteiger partial charge on any atom is 0.269 e. The molecule has 3 heteroatoms. The van der Waals surface area contributed by atoms with Gasteiger partial charge in [-0.2, -0.15) is 0 Å². The van der Waals surface area contributed by atoms with E-state index in [0.29, 0.717) is 4.84 Å². The summed E-state index contributed by atoms with van der Waals surface area (Å²) in [4.78, 5) is 0.586. The number of rotatable bonds is 4. The zero-order valence-electron chi connectivity index (χ0n) is 11.1. The SMILES string of the molecule is CCCCCn1c(=S)oc2ccc3ccccc3c21. The zero-order chi connectivity index (χ0) is 13.2. The average Bonchev–Trinajstić information content (AvgIpc) is 2.76. The van der Waals surface area contributed by atoms with Crippen LogP contribution in [0.15, 0.2) is 40.8 Å². The van der Waals surface area contributed by atoms with Gasteiger partial charge >= 0.3 is 0 Å². The van der Waals surface area contributed by atoms with Crippen molar-refractivity contribution in [2.75, 3.05) is 0 Å². The van der Waals surface area contributed by atoms with E-state index in [9.17, 15) is 0 Å². The minimum Gasteiger partial charge on any atom is -0.429 e. The number of nitrogens with zero attached hydrogens (tertiary/aromatic N) is 1. The number of oxazole rings is 1. The van der Waals surface area contributed by atoms with Crippen LogP contribution in [-0.4, -0.2) is 4.57 Å². The minimum absolute atomic E-state index is 0.586. The Morgan fingerprint density at radius 1 is 1.11 bits per heavy atom. The molecule has 0 saturated heterocycles. The van der Waals surface area contributed by atoms with Gasteiger partial charge in [-0.15, -0.1) is 0 Å². The van der Waals surface area contributed by atoms with Crippen LogP contribution in [0.25, 0.3) is 21.9 Å². The van der Waals surface area contributed by atoms with Crippen molar-refractivity contribution in [2.45, 2.75) is 32.7 Å². The first kappa shape index (κ1) is 12.4. The number of fused-ring (bicyclic) bond motifs is 3. The molecular weight excluding hydrogens is 254 g/mol. The predicted octanol–water partition coefficient (Wildman–Crippen LogP) is 5.31. The second kappa shape index (κ2) is 5.17. The maximum absolute atomic E-state index is 5.72. The molecule has 98 valence electrons. The molecule has 19 heavy (non-hydrogen) atoms. The molecule has 0 unspecified atom stereocenters. The van der Waals surface area contributed by atoms with E-state index in [-0.39, 0.29) is 0 Å². The third kappa shape index (κ3) is 2.19. The Bertz CT molecular complexity index is 769. The summed E-state index contributed by atoms with van der Waals surface area (Å²) < 4.78 is 7.86. The van der Waals surface area contributed by atoms with Crippen LogP contribution in [0.3, 0.4) is 0 Å².